The number of sulfonamides is 1. The molecule has 1 amide bonds. The Morgan fingerprint density at radius 2 is 1.90 bits per heavy atom. The van der Waals surface area contributed by atoms with Crippen molar-refractivity contribution in [3.63, 3.8) is 0 Å². The second-order valence-electron chi connectivity index (χ2n) is 7.25. The fraction of sp³-hybridized carbons (Fsp3) is 0.350. The standard InChI is InChI=1S/C20H21FN4O4S2/c1-13-17(31(27,28)22-12-14-5-7-15(21)8-6-14)11-16(30-13)18-23-24-19(29-18)20(26)25-9-3-2-4-10-25/h5-8,11,22H,2-4,9-10,12H2,1H3. The molecule has 0 aliphatic carbocycles. The number of nitrogens with one attached hydrogen (secondary N) is 1. The third kappa shape index (κ3) is 4.83. The Bertz CT molecular complexity index is 1180. The van der Waals surface area contributed by atoms with Crippen molar-refractivity contribution in [3.8, 4) is 10.8 Å². The molecular formula is C20H21FN4O4S2. The van der Waals surface area contributed by atoms with Crippen molar-refractivity contribution in [3.05, 3.63) is 52.5 Å². The summed E-state index contributed by atoms with van der Waals surface area (Å²) in [6.45, 7) is 3.03. The minimum absolute atomic E-state index is 0.0300. The van der Waals surface area contributed by atoms with Gasteiger partial charge in [0.15, 0.2) is 0 Å². The van der Waals surface area contributed by atoms with Crippen LogP contribution in [0.1, 0.15) is 40.4 Å². The van der Waals surface area contributed by atoms with Crippen LogP contribution < -0.4 is 4.72 Å². The molecule has 1 N–H and O–H groups in total. The number of carbonyl (C=O) groups excluding carboxylic acids is 1. The smallest absolute Gasteiger partial charge is 0.311 e. The normalized spacial score (nSPS) is 14.7. The molecule has 0 atom stereocenters. The molecule has 8 nitrogen and oxygen atoms in total. The summed E-state index contributed by atoms with van der Waals surface area (Å²) in [5, 5.41) is 7.79. The lowest BCUT2D eigenvalue weighted by atomic mass is 10.1. The molecule has 1 aliphatic rings. The van der Waals surface area contributed by atoms with E-state index in [1.165, 1.54) is 41.7 Å². The highest BCUT2D eigenvalue weighted by atomic mass is 32.2. The predicted molar refractivity (Wildman–Crippen MR) is 113 cm³/mol. The zero-order valence-corrected chi connectivity index (χ0v) is 18.4. The summed E-state index contributed by atoms with van der Waals surface area (Å²) in [6.07, 6.45) is 2.99. The maximum atomic E-state index is 13.0. The molecule has 0 unspecified atom stereocenters. The van der Waals surface area contributed by atoms with E-state index in [9.17, 15) is 17.6 Å². The molecule has 0 saturated carbocycles. The first kappa shape index (κ1) is 21.6. The van der Waals surface area contributed by atoms with Crippen molar-refractivity contribution in [2.75, 3.05) is 13.1 Å². The lowest BCUT2D eigenvalue weighted by Crippen LogP contribution is -2.35. The maximum absolute atomic E-state index is 13.0. The van der Waals surface area contributed by atoms with E-state index in [1.807, 2.05) is 0 Å². The summed E-state index contributed by atoms with van der Waals surface area (Å²) in [6, 6.07) is 7.04. The number of amides is 1. The van der Waals surface area contributed by atoms with Gasteiger partial charge in [-0.2, -0.15) is 0 Å². The minimum atomic E-state index is -3.81. The van der Waals surface area contributed by atoms with Crippen LogP contribution in [0.4, 0.5) is 4.39 Å². The van der Waals surface area contributed by atoms with Gasteiger partial charge in [0.1, 0.15) is 5.82 Å². The number of benzene rings is 1. The number of likely N-dealkylation sites (tertiary alicyclic amines) is 1. The van der Waals surface area contributed by atoms with E-state index in [2.05, 4.69) is 14.9 Å². The zero-order valence-electron chi connectivity index (χ0n) is 16.8. The average Bonchev–Trinajstić information content (AvgIpc) is 3.41. The summed E-state index contributed by atoms with van der Waals surface area (Å²) in [5.41, 5.74) is 0.635. The van der Waals surface area contributed by atoms with Gasteiger partial charge in [-0.15, -0.1) is 21.5 Å². The number of halogens is 1. The van der Waals surface area contributed by atoms with E-state index < -0.39 is 10.0 Å². The Morgan fingerprint density at radius 3 is 2.61 bits per heavy atom. The van der Waals surface area contributed by atoms with Crippen molar-refractivity contribution in [1.82, 2.24) is 19.8 Å². The van der Waals surface area contributed by atoms with Gasteiger partial charge in [0, 0.05) is 24.5 Å². The van der Waals surface area contributed by atoms with Gasteiger partial charge < -0.3 is 9.32 Å². The second kappa shape index (κ2) is 8.85. The summed E-state index contributed by atoms with van der Waals surface area (Å²) < 4.78 is 46.6. The van der Waals surface area contributed by atoms with Gasteiger partial charge in [-0.1, -0.05) is 12.1 Å². The number of aryl methyl sites for hydroxylation is 1. The van der Waals surface area contributed by atoms with Crippen LogP contribution in [0.25, 0.3) is 10.8 Å². The van der Waals surface area contributed by atoms with Crippen LogP contribution in [0.3, 0.4) is 0 Å². The molecule has 3 aromatic rings. The molecule has 1 saturated heterocycles. The van der Waals surface area contributed by atoms with Gasteiger partial charge in [-0.25, -0.2) is 17.5 Å². The number of aromatic nitrogens is 2. The van der Waals surface area contributed by atoms with Crippen LogP contribution in [0.15, 0.2) is 39.6 Å². The zero-order chi connectivity index (χ0) is 22.0. The van der Waals surface area contributed by atoms with Gasteiger partial charge in [0.2, 0.25) is 10.0 Å². The molecular weight excluding hydrogens is 443 g/mol. The molecule has 4 rings (SSSR count). The Morgan fingerprint density at radius 1 is 1.19 bits per heavy atom. The number of nitrogens with zero attached hydrogens (tertiary/aromatic N) is 3. The summed E-state index contributed by atoms with van der Waals surface area (Å²) in [5.74, 6) is -0.682. The Hall–Kier alpha value is -2.63. The fourth-order valence-electron chi connectivity index (χ4n) is 3.34. The molecule has 31 heavy (non-hydrogen) atoms. The highest BCUT2D eigenvalue weighted by Gasteiger charge is 2.26. The van der Waals surface area contributed by atoms with E-state index in [0.717, 1.165) is 19.3 Å². The number of piperidine rings is 1. The molecule has 1 fully saturated rings. The van der Waals surface area contributed by atoms with Crippen molar-refractivity contribution in [2.45, 2.75) is 37.6 Å². The van der Waals surface area contributed by atoms with Crippen LogP contribution in [-0.2, 0) is 16.6 Å². The Balaban J connectivity index is 1.50. The second-order valence-corrected chi connectivity index (χ2v) is 10.2. The number of carbonyl (C=O) groups is 1. The van der Waals surface area contributed by atoms with Gasteiger partial charge in [-0.3, -0.25) is 4.79 Å². The highest BCUT2D eigenvalue weighted by molar-refractivity contribution is 7.89. The van der Waals surface area contributed by atoms with E-state index in [0.29, 0.717) is 28.4 Å². The number of hydrogen-bond acceptors (Lipinski definition) is 7. The van der Waals surface area contributed by atoms with Gasteiger partial charge in [-0.05, 0) is 49.9 Å². The highest BCUT2D eigenvalue weighted by Crippen LogP contribution is 2.33. The first-order valence-electron chi connectivity index (χ1n) is 9.81. The maximum Gasteiger partial charge on any atom is 0.311 e. The Kier molecular flexibility index (Phi) is 6.17. The van der Waals surface area contributed by atoms with E-state index in [-0.39, 0.29) is 34.9 Å². The molecule has 0 bridgehead atoms. The van der Waals surface area contributed by atoms with Gasteiger partial charge in [0.25, 0.3) is 5.89 Å². The predicted octanol–water partition coefficient (Wildman–Crippen LogP) is 3.35. The van der Waals surface area contributed by atoms with Crippen molar-refractivity contribution in [2.24, 2.45) is 0 Å². The average molecular weight is 465 g/mol. The number of hydrogen-bond donors (Lipinski definition) is 1. The van der Waals surface area contributed by atoms with Crippen LogP contribution in [0.2, 0.25) is 0 Å². The van der Waals surface area contributed by atoms with Crippen molar-refractivity contribution in [1.29, 1.82) is 0 Å². The van der Waals surface area contributed by atoms with Gasteiger partial charge >= 0.3 is 11.8 Å². The first-order valence-corrected chi connectivity index (χ1v) is 12.1. The molecule has 1 aromatic carbocycles. The van der Waals surface area contributed by atoms with Crippen molar-refractivity contribution >= 4 is 27.3 Å². The van der Waals surface area contributed by atoms with E-state index >= 15 is 0 Å². The lowest BCUT2D eigenvalue weighted by Gasteiger charge is -2.24. The van der Waals surface area contributed by atoms with Crippen LogP contribution in [0.5, 0.6) is 0 Å². The third-order valence-corrected chi connectivity index (χ3v) is 7.70. The molecule has 0 spiro atoms. The molecule has 164 valence electrons. The number of rotatable bonds is 6. The quantitative estimate of drug-likeness (QED) is 0.600. The molecule has 2 aromatic heterocycles. The van der Waals surface area contributed by atoms with E-state index in [1.54, 1.807) is 11.8 Å². The fourth-order valence-corrected chi connectivity index (χ4v) is 5.87. The SMILES string of the molecule is Cc1sc(-c2nnc(C(=O)N3CCCCC3)o2)cc1S(=O)(=O)NCc1ccc(F)cc1. The van der Waals surface area contributed by atoms with Crippen molar-refractivity contribution < 1.29 is 22.0 Å². The molecule has 1 aliphatic heterocycles. The molecule has 0 radical (unpaired) electrons. The monoisotopic (exact) mass is 464 g/mol. The topological polar surface area (TPSA) is 105 Å². The van der Waals surface area contributed by atoms with E-state index in [4.69, 9.17) is 4.42 Å². The summed E-state index contributed by atoms with van der Waals surface area (Å²) >= 11 is 1.19. The number of thiophene rings is 1. The van der Waals surface area contributed by atoms with Crippen LogP contribution in [-0.4, -0.2) is 42.5 Å². The van der Waals surface area contributed by atoms with Crippen LogP contribution in [0, 0.1) is 12.7 Å². The molecule has 11 heteroatoms. The van der Waals surface area contributed by atoms with Gasteiger partial charge in [0.05, 0.1) is 9.77 Å². The molecule has 3 heterocycles. The summed E-state index contributed by atoms with van der Waals surface area (Å²) in [7, 11) is -3.81. The third-order valence-electron chi connectivity index (χ3n) is 5.00. The Labute approximate surface area is 183 Å². The largest absolute Gasteiger partial charge is 0.411 e. The first-order chi connectivity index (χ1) is 14.8. The minimum Gasteiger partial charge on any atom is -0.411 e. The van der Waals surface area contributed by atoms with Crippen LogP contribution >= 0.6 is 11.3 Å². The lowest BCUT2D eigenvalue weighted by molar-refractivity contribution is 0.0684. The summed E-state index contributed by atoms with van der Waals surface area (Å²) in [4.78, 5) is 15.3.